The lowest BCUT2D eigenvalue weighted by atomic mass is 10.1. The molecule has 0 radical (unpaired) electrons. The van der Waals surface area contributed by atoms with Crippen molar-refractivity contribution >= 4 is 77.2 Å². The van der Waals surface area contributed by atoms with Gasteiger partial charge in [-0.3, -0.25) is 15.0 Å². The van der Waals surface area contributed by atoms with Crippen LogP contribution >= 0.6 is 0 Å². The SMILES string of the molecule is N#Cc1cc(-c2ccc3c(n2)[nH]c2ccncc23)ccc1[18F].Nc1cc(-c2ccc3c(n2)[nH]c2ccncc23)ccc1[18F].[C-]#[N+]c1ccc(-c2ccc3c(n2)[nH]c2ccncc23)cc1[18F]. The molecule has 12 nitrogen and oxygen atoms in total. The first kappa shape index (κ1) is 39.7. The van der Waals surface area contributed by atoms with Gasteiger partial charge in [-0.1, -0.05) is 12.1 Å². The average Bonchev–Trinajstić information content (AvgIpc) is 4.03. The number of fused-ring (bicyclic) bond motifs is 9. The lowest BCUT2D eigenvalue weighted by Crippen LogP contribution is -1.92. The van der Waals surface area contributed by atoms with Crippen LogP contribution in [-0.2, 0) is 0 Å². The number of nitrogens with zero attached hydrogens (tertiary/aromatic N) is 8. The van der Waals surface area contributed by atoms with Gasteiger partial charge in [0.1, 0.15) is 40.5 Å². The van der Waals surface area contributed by atoms with E-state index in [1.54, 1.807) is 55.2 Å². The highest BCUT2D eigenvalue weighted by molar-refractivity contribution is 6.07. The second kappa shape index (κ2) is 16.4. The fraction of sp³-hybridized carbons (Fsp3) is 0. The molecule has 65 heavy (non-hydrogen) atoms. The van der Waals surface area contributed by atoms with Crippen molar-refractivity contribution in [2.75, 3.05) is 5.73 Å². The highest BCUT2D eigenvalue weighted by atomic mass is 18.2. The Kier molecular flexibility index (Phi) is 10.0. The summed E-state index contributed by atoms with van der Waals surface area (Å²) in [6.07, 6.45) is 10.6. The van der Waals surface area contributed by atoms with E-state index in [1.165, 1.54) is 30.3 Å². The van der Waals surface area contributed by atoms with Crippen LogP contribution in [-0.4, -0.2) is 44.9 Å². The van der Waals surface area contributed by atoms with Crippen LogP contribution in [0, 0.1) is 35.4 Å². The smallest absolute Gasteiger partial charge is 0.222 e. The fourth-order valence-electron chi connectivity index (χ4n) is 7.56. The topological polar surface area (TPSA) is 179 Å². The number of rotatable bonds is 3. The lowest BCUT2D eigenvalue weighted by molar-refractivity contribution is 0.624. The quantitative estimate of drug-likeness (QED) is 0.100. The standard InChI is InChI=1S/2C17H9FN4.C16H11FN4/c1-19-16-4-2-10(8-13(16)18)14-5-3-11-12-9-20-7-6-15(12)22-17(11)21-14;18-14-3-1-10(7-11(14)8-19)15-4-2-12-13-9-20-6-5-16(13)22-17(12)21-15;17-12-3-1-9(7-13(12)18)14-4-2-10-11-8-19-6-5-15(11)21-16(10)20-14/h2-9H,(H,21,22);1-7,9H,(H,21,22);1-8H,18H2,(H,20,21)/i2*18-1;17-1. The third kappa shape index (κ3) is 7.51. The fourth-order valence-corrected chi connectivity index (χ4v) is 7.56. The molecule has 15 heteroatoms. The van der Waals surface area contributed by atoms with Crippen molar-refractivity contribution in [1.82, 2.24) is 44.9 Å². The van der Waals surface area contributed by atoms with E-state index in [4.69, 9.17) is 17.6 Å². The first-order valence-corrected chi connectivity index (χ1v) is 19.8. The number of nitriles is 1. The van der Waals surface area contributed by atoms with Gasteiger partial charge in [-0.2, -0.15) is 5.26 Å². The summed E-state index contributed by atoms with van der Waals surface area (Å²) in [6, 6.07) is 32.6. The number of nitrogens with one attached hydrogen (secondary N) is 3. The molecule has 0 bridgehead atoms. The molecule has 3 aromatic carbocycles. The van der Waals surface area contributed by atoms with Crippen LogP contribution in [0.4, 0.5) is 24.5 Å². The van der Waals surface area contributed by atoms with Gasteiger partial charge in [0.05, 0.1) is 51.5 Å². The van der Waals surface area contributed by atoms with Crippen LogP contribution in [0.3, 0.4) is 0 Å². The summed E-state index contributed by atoms with van der Waals surface area (Å²) in [6.45, 7) is 6.89. The van der Waals surface area contributed by atoms with E-state index in [0.29, 0.717) is 22.5 Å². The maximum atomic E-state index is 13.8. The molecule has 0 atom stereocenters. The predicted molar refractivity (Wildman–Crippen MR) is 246 cm³/mol. The Bertz CT molecular complexity index is 3900. The Hall–Kier alpha value is -9.47. The summed E-state index contributed by atoms with van der Waals surface area (Å²) in [5.41, 5.74) is 15.1. The van der Waals surface area contributed by atoms with Gasteiger partial charge in [-0.05, 0) is 97.1 Å². The van der Waals surface area contributed by atoms with Crippen LogP contribution in [0.15, 0.2) is 146 Å². The number of hydrogen-bond acceptors (Lipinski definition) is 8. The molecule has 9 heterocycles. The van der Waals surface area contributed by atoms with Gasteiger partial charge in [0, 0.05) is 86.2 Å². The van der Waals surface area contributed by atoms with Crippen LogP contribution in [0.1, 0.15) is 5.56 Å². The van der Waals surface area contributed by atoms with Crippen LogP contribution in [0.5, 0.6) is 0 Å². The maximum Gasteiger partial charge on any atom is 0.222 e. The minimum Gasteiger partial charge on any atom is -0.396 e. The molecule has 310 valence electrons. The molecular formula is C50H29F3N12. The average molecular weight is 852 g/mol. The molecule has 0 saturated carbocycles. The van der Waals surface area contributed by atoms with Crippen molar-refractivity contribution in [3.63, 3.8) is 0 Å². The number of nitrogen functional groups attached to an aromatic ring is 1. The molecule has 0 amide bonds. The molecular weight excluding hydrogens is 823 g/mol. The number of H-pyrrole nitrogens is 3. The normalized spacial score (nSPS) is 11.0. The van der Waals surface area contributed by atoms with Crippen molar-refractivity contribution in [2.24, 2.45) is 0 Å². The van der Waals surface area contributed by atoms with Crippen molar-refractivity contribution in [3.8, 4) is 39.8 Å². The number of benzene rings is 3. The van der Waals surface area contributed by atoms with E-state index in [1.807, 2.05) is 66.9 Å². The molecule has 0 saturated heterocycles. The zero-order chi connectivity index (χ0) is 44.6. The Morgan fingerprint density at radius 1 is 0.492 bits per heavy atom. The van der Waals surface area contributed by atoms with Gasteiger partial charge < -0.3 is 20.7 Å². The van der Waals surface area contributed by atoms with Crippen LogP contribution in [0.2, 0.25) is 0 Å². The molecule has 12 rings (SSSR count). The Labute approximate surface area is 365 Å². The third-order valence-corrected chi connectivity index (χ3v) is 10.8. The minimum absolute atomic E-state index is 0.0141. The zero-order valence-electron chi connectivity index (χ0n) is 33.6. The van der Waals surface area contributed by atoms with E-state index < -0.39 is 17.5 Å². The van der Waals surface area contributed by atoms with Crippen molar-refractivity contribution in [2.45, 2.75) is 0 Å². The van der Waals surface area contributed by atoms with Gasteiger partial charge in [-0.25, -0.2) is 33.0 Å². The molecule has 9 aromatic heterocycles. The first-order chi connectivity index (χ1) is 31.7. The van der Waals surface area contributed by atoms with Crippen molar-refractivity contribution in [1.29, 1.82) is 5.26 Å². The summed E-state index contributed by atoms with van der Waals surface area (Å²) in [5.74, 6) is -1.48. The second-order valence-corrected chi connectivity index (χ2v) is 14.7. The van der Waals surface area contributed by atoms with E-state index >= 15 is 0 Å². The summed E-state index contributed by atoms with van der Waals surface area (Å²) in [4.78, 5) is 38.9. The van der Waals surface area contributed by atoms with Crippen molar-refractivity contribution in [3.05, 3.63) is 181 Å². The zero-order valence-corrected chi connectivity index (χ0v) is 33.6. The third-order valence-electron chi connectivity index (χ3n) is 10.8. The molecule has 0 aliphatic rings. The maximum absolute atomic E-state index is 13.8. The number of halogens is 3. The van der Waals surface area contributed by atoms with E-state index in [9.17, 15) is 13.2 Å². The van der Waals surface area contributed by atoms with Crippen LogP contribution in [0.25, 0.3) is 104 Å². The molecule has 0 unspecified atom stereocenters. The predicted octanol–water partition coefficient (Wildman–Crippen LogP) is 11.8. The number of nitrogens with two attached hydrogens (primary N) is 1. The van der Waals surface area contributed by atoms with Crippen LogP contribution < -0.4 is 5.73 Å². The molecule has 0 aliphatic carbocycles. The van der Waals surface area contributed by atoms with Crippen molar-refractivity contribution < 1.29 is 13.2 Å². The van der Waals surface area contributed by atoms with E-state index in [-0.39, 0.29) is 16.9 Å². The second-order valence-electron chi connectivity index (χ2n) is 14.7. The number of pyridine rings is 6. The Morgan fingerprint density at radius 3 is 1.35 bits per heavy atom. The van der Waals surface area contributed by atoms with Gasteiger partial charge in [0.2, 0.25) is 5.69 Å². The molecule has 12 aromatic rings. The summed E-state index contributed by atoms with van der Waals surface area (Å²) in [5, 5.41) is 14.9. The largest absolute Gasteiger partial charge is 0.396 e. The Balaban J connectivity index is 0.000000115. The van der Waals surface area contributed by atoms with E-state index in [0.717, 1.165) is 77.1 Å². The highest BCUT2D eigenvalue weighted by Crippen LogP contribution is 2.31. The number of hydrogen-bond donors (Lipinski definition) is 4. The summed E-state index contributed by atoms with van der Waals surface area (Å²) >= 11 is 0. The first-order valence-electron chi connectivity index (χ1n) is 19.8. The number of aromatic nitrogens is 9. The Morgan fingerprint density at radius 2 is 0.923 bits per heavy atom. The molecule has 0 aliphatic heterocycles. The van der Waals surface area contributed by atoms with Gasteiger partial charge in [-0.15, -0.1) is 0 Å². The molecule has 5 N–H and O–H groups in total. The summed E-state index contributed by atoms with van der Waals surface area (Å²) < 4.78 is 40.4. The number of anilines is 1. The minimum atomic E-state index is -0.532. The van der Waals surface area contributed by atoms with Gasteiger partial charge >= 0.3 is 0 Å². The van der Waals surface area contributed by atoms with Gasteiger partial charge in [0.15, 0.2) is 0 Å². The number of aromatic amines is 3. The monoisotopic (exact) mass is 851 g/mol. The molecule has 0 fully saturated rings. The summed E-state index contributed by atoms with van der Waals surface area (Å²) in [7, 11) is 0. The van der Waals surface area contributed by atoms with Gasteiger partial charge in [0.25, 0.3) is 0 Å². The highest BCUT2D eigenvalue weighted by Gasteiger charge is 2.13. The van der Waals surface area contributed by atoms with E-state index in [2.05, 4.69) is 49.7 Å². The lowest BCUT2D eigenvalue weighted by Gasteiger charge is -2.03. The molecule has 0 spiro atoms.